The lowest BCUT2D eigenvalue weighted by molar-refractivity contribution is 0.190. The highest BCUT2D eigenvalue weighted by Crippen LogP contribution is 2.13. The number of rotatable bonds is 6. The minimum atomic E-state index is 0.586. The lowest BCUT2D eigenvalue weighted by Crippen LogP contribution is -2.37. The molecule has 1 N–H and O–H groups in total. The smallest absolute Gasteiger partial charge is 0.0233 e. The van der Waals surface area contributed by atoms with E-state index in [1.54, 1.807) is 0 Å². The largest absolute Gasteiger partial charge is 0.319 e. The maximum Gasteiger partial charge on any atom is 0.0233 e. The summed E-state index contributed by atoms with van der Waals surface area (Å²) in [5.74, 6) is 0.662. The molecule has 0 aliphatic heterocycles. The number of aryl methyl sites for hydroxylation is 1. The fourth-order valence-electron chi connectivity index (χ4n) is 2.17. The average Bonchev–Trinajstić information content (AvgIpc) is 2.28. The number of benzene rings is 1. The molecule has 0 radical (unpaired) electrons. The van der Waals surface area contributed by atoms with Crippen molar-refractivity contribution in [3.8, 4) is 0 Å². The van der Waals surface area contributed by atoms with Gasteiger partial charge in [-0.15, -0.1) is 0 Å². The number of nitrogens with one attached hydrogen (secondary N) is 1. The van der Waals surface area contributed by atoms with E-state index < -0.39 is 0 Å². The third-order valence-electron chi connectivity index (χ3n) is 3.56. The Morgan fingerprint density at radius 2 is 2.00 bits per heavy atom. The molecule has 17 heavy (non-hydrogen) atoms. The highest BCUT2D eigenvalue weighted by molar-refractivity contribution is 5.22. The van der Waals surface area contributed by atoms with Gasteiger partial charge in [-0.05, 0) is 46.0 Å². The highest BCUT2D eigenvalue weighted by atomic mass is 15.1. The summed E-state index contributed by atoms with van der Waals surface area (Å²) >= 11 is 0. The lowest BCUT2D eigenvalue weighted by Gasteiger charge is -2.30. The predicted molar refractivity (Wildman–Crippen MR) is 75.2 cm³/mol. The second-order valence-electron chi connectivity index (χ2n) is 5.18. The molecular weight excluding hydrogens is 208 g/mol. The van der Waals surface area contributed by atoms with Crippen LogP contribution in [-0.4, -0.2) is 31.6 Å². The first-order valence-corrected chi connectivity index (χ1v) is 6.45. The van der Waals surface area contributed by atoms with Crippen LogP contribution >= 0.6 is 0 Å². The molecule has 96 valence electrons. The van der Waals surface area contributed by atoms with Crippen LogP contribution in [-0.2, 0) is 6.54 Å². The molecule has 1 aromatic rings. The molecule has 1 rings (SSSR count). The zero-order chi connectivity index (χ0) is 12.8. The summed E-state index contributed by atoms with van der Waals surface area (Å²) in [6, 6.07) is 9.35. The van der Waals surface area contributed by atoms with Crippen LogP contribution in [0.15, 0.2) is 24.3 Å². The van der Waals surface area contributed by atoms with E-state index in [-0.39, 0.29) is 0 Å². The van der Waals surface area contributed by atoms with Gasteiger partial charge in [-0.2, -0.15) is 0 Å². The summed E-state index contributed by atoms with van der Waals surface area (Å²) in [6.07, 6.45) is 0. The Morgan fingerprint density at radius 1 is 1.29 bits per heavy atom. The van der Waals surface area contributed by atoms with Gasteiger partial charge in [-0.25, -0.2) is 0 Å². The van der Waals surface area contributed by atoms with E-state index >= 15 is 0 Å². The van der Waals surface area contributed by atoms with Crippen LogP contribution in [0.3, 0.4) is 0 Å². The molecule has 0 aliphatic rings. The molecule has 0 bridgehead atoms. The van der Waals surface area contributed by atoms with Crippen LogP contribution in [0.4, 0.5) is 0 Å². The third kappa shape index (κ3) is 4.49. The molecule has 0 saturated carbocycles. The van der Waals surface area contributed by atoms with E-state index in [1.165, 1.54) is 11.1 Å². The van der Waals surface area contributed by atoms with Gasteiger partial charge in [0.2, 0.25) is 0 Å². The van der Waals surface area contributed by atoms with Gasteiger partial charge in [0, 0.05) is 12.6 Å². The molecular formula is C15H26N2. The predicted octanol–water partition coefficient (Wildman–Crippen LogP) is 2.67. The van der Waals surface area contributed by atoms with Gasteiger partial charge in [-0.1, -0.05) is 36.8 Å². The lowest BCUT2D eigenvalue weighted by atomic mass is 10.0. The Balaban J connectivity index is 2.56. The first kappa shape index (κ1) is 14.2. The zero-order valence-corrected chi connectivity index (χ0v) is 11.8. The van der Waals surface area contributed by atoms with Gasteiger partial charge in [0.1, 0.15) is 0 Å². The monoisotopic (exact) mass is 234 g/mol. The van der Waals surface area contributed by atoms with Crippen molar-refractivity contribution in [3.05, 3.63) is 35.4 Å². The molecule has 2 nitrogen and oxygen atoms in total. The number of hydrogen-bond donors (Lipinski definition) is 1. The molecule has 0 saturated heterocycles. The van der Waals surface area contributed by atoms with Crippen molar-refractivity contribution in [1.82, 2.24) is 10.2 Å². The Labute approximate surface area is 106 Å². The highest BCUT2D eigenvalue weighted by Gasteiger charge is 2.16. The van der Waals surface area contributed by atoms with Crippen LogP contribution in [0.5, 0.6) is 0 Å². The normalized spacial score (nSPS) is 14.9. The van der Waals surface area contributed by atoms with Crippen LogP contribution in [0, 0.1) is 12.8 Å². The quantitative estimate of drug-likeness (QED) is 0.814. The van der Waals surface area contributed by atoms with Gasteiger partial charge in [0.25, 0.3) is 0 Å². The van der Waals surface area contributed by atoms with Crippen LogP contribution < -0.4 is 5.32 Å². The molecule has 2 atom stereocenters. The average molecular weight is 234 g/mol. The number of nitrogens with zero attached hydrogens (tertiary/aromatic N) is 1. The Bertz CT molecular complexity index is 335. The van der Waals surface area contributed by atoms with E-state index in [2.05, 4.69) is 62.3 Å². The second-order valence-corrected chi connectivity index (χ2v) is 5.18. The van der Waals surface area contributed by atoms with E-state index in [0.29, 0.717) is 12.0 Å². The van der Waals surface area contributed by atoms with Crippen molar-refractivity contribution >= 4 is 0 Å². The Hall–Kier alpha value is -0.860. The van der Waals surface area contributed by atoms with E-state index in [1.807, 2.05) is 7.05 Å². The summed E-state index contributed by atoms with van der Waals surface area (Å²) < 4.78 is 0. The van der Waals surface area contributed by atoms with Gasteiger partial charge < -0.3 is 5.32 Å². The zero-order valence-electron chi connectivity index (χ0n) is 11.8. The van der Waals surface area contributed by atoms with Crippen LogP contribution in [0.1, 0.15) is 25.0 Å². The standard InChI is InChI=1S/C15H26N2/c1-12-7-6-8-15(9-12)11-17(5)14(3)13(2)10-16-4/h6-9,13-14,16H,10-11H2,1-5H3. The molecule has 0 amide bonds. The van der Waals surface area contributed by atoms with Crippen LogP contribution in [0.2, 0.25) is 0 Å². The van der Waals surface area contributed by atoms with E-state index in [4.69, 9.17) is 0 Å². The second kappa shape index (κ2) is 6.77. The molecule has 0 spiro atoms. The van der Waals surface area contributed by atoms with E-state index in [9.17, 15) is 0 Å². The van der Waals surface area contributed by atoms with Crippen molar-refractivity contribution < 1.29 is 0 Å². The Kier molecular flexibility index (Phi) is 5.66. The minimum Gasteiger partial charge on any atom is -0.319 e. The maximum absolute atomic E-state index is 3.25. The number of hydrogen-bond acceptors (Lipinski definition) is 2. The molecule has 0 aliphatic carbocycles. The molecule has 1 aromatic carbocycles. The van der Waals surface area contributed by atoms with Gasteiger partial charge in [-0.3, -0.25) is 4.90 Å². The fourth-order valence-corrected chi connectivity index (χ4v) is 2.17. The summed E-state index contributed by atoms with van der Waals surface area (Å²) in [6.45, 7) is 8.85. The topological polar surface area (TPSA) is 15.3 Å². The summed E-state index contributed by atoms with van der Waals surface area (Å²) in [4.78, 5) is 2.43. The molecule has 0 aromatic heterocycles. The third-order valence-corrected chi connectivity index (χ3v) is 3.56. The molecule has 0 heterocycles. The van der Waals surface area contributed by atoms with Crippen LogP contribution in [0.25, 0.3) is 0 Å². The van der Waals surface area contributed by atoms with Gasteiger partial charge in [0.15, 0.2) is 0 Å². The maximum atomic E-state index is 3.25. The summed E-state index contributed by atoms with van der Waals surface area (Å²) in [5.41, 5.74) is 2.74. The van der Waals surface area contributed by atoms with Crippen molar-refractivity contribution in [1.29, 1.82) is 0 Å². The van der Waals surface area contributed by atoms with Crippen molar-refractivity contribution in [2.45, 2.75) is 33.4 Å². The van der Waals surface area contributed by atoms with Crippen molar-refractivity contribution in [2.24, 2.45) is 5.92 Å². The van der Waals surface area contributed by atoms with E-state index in [0.717, 1.165) is 13.1 Å². The Morgan fingerprint density at radius 3 is 2.59 bits per heavy atom. The summed E-state index contributed by atoms with van der Waals surface area (Å²) in [5, 5.41) is 3.25. The first-order chi connectivity index (χ1) is 8.04. The minimum absolute atomic E-state index is 0.586. The van der Waals surface area contributed by atoms with Crippen molar-refractivity contribution in [3.63, 3.8) is 0 Å². The first-order valence-electron chi connectivity index (χ1n) is 6.45. The SMILES string of the molecule is CNCC(C)C(C)N(C)Cc1cccc(C)c1. The molecule has 2 heteroatoms. The van der Waals surface area contributed by atoms with Crippen molar-refractivity contribution in [2.75, 3.05) is 20.6 Å². The fraction of sp³-hybridized carbons (Fsp3) is 0.600. The molecule has 0 fully saturated rings. The summed E-state index contributed by atoms with van der Waals surface area (Å²) in [7, 11) is 4.23. The van der Waals surface area contributed by atoms with Gasteiger partial charge >= 0.3 is 0 Å². The van der Waals surface area contributed by atoms with Gasteiger partial charge in [0.05, 0.1) is 0 Å². The molecule has 2 unspecified atom stereocenters.